The van der Waals surface area contributed by atoms with Crippen LogP contribution in [0.3, 0.4) is 0 Å². The number of hydrogen-bond acceptors (Lipinski definition) is 3. The monoisotopic (exact) mass is 320 g/mol. The van der Waals surface area contributed by atoms with Crippen LogP contribution in [0.15, 0.2) is 42.5 Å². The Balaban J connectivity index is 1.70. The van der Waals surface area contributed by atoms with Gasteiger partial charge >= 0.3 is 6.03 Å². The second kappa shape index (κ2) is 5.87. The highest BCUT2D eigenvalue weighted by atomic mass is 35.5. The van der Waals surface area contributed by atoms with Crippen molar-refractivity contribution >= 4 is 34.9 Å². The van der Waals surface area contributed by atoms with Crippen molar-refractivity contribution in [2.75, 3.05) is 0 Å². The molecule has 108 valence electrons. The van der Waals surface area contributed by atoms with Gasteiger partial charge in [0.25, 0.3) is 5.91 Å². The Morgan fingerprint density at radius 2 is 1.90 bits per heavy atom. The molecule has 3 rings (SSSR count). The number of imide groups is 1. The zero-order valence-electron chi connectivity index (χ0n) is 11.1. The van der Waals surface area contributed by atoms with Gasteiger partial charge in [-0.1, -0.05) is 41.9 Å². The largest absolute Gasteiger partial charge is 0.325 e. The van der Waals surface area contributed by atoms with Crippen LogP contribution < -0.4 is 5.32 Å². The van der Waals surface area contributed by atoms with E-state index in [1.54, 1.807) is 6.07 Å². The molecular weight excluding hydrogens is 308 g/mol. The first-order valence-corrected chi connectivity index (χ1v) is 7.73. The van der Waals surface area contributed by atoms with Gasteiger partial charge in [0.05, 0.1) is 10.9 Å². The summed E-state index contributed by atoms with van der Waals surface area (Å²) < 4.78 is 0.651. The van der Waals surface area contributed by atoms with Crippen molar-refractivity contribution in [1.29, 1.82) is 0 Å². The third-order valence-electron chi connectivity index (χ3n) is 3.33. The van der Waals surface area contributed by atoms with Crippen LogP contribution in [-0.2, 0) is 17.8 Å². The fraction of sp³-hybridized carbons (Fsp3) is 0.200. The Morgan fingerprint density at radius 1 is 1.14 bits per heavy atom. The van der Waals surface area contributed by atoms with E-state index in [1.807, 2.05) is 36.4 Å². The Labute approximate surface area is 131 Å². The van der Waals surface area contributed by atoms with E-state index < -0.39 is 6.04 Å². The average Bonchev–Trinajstić information content (AvgIpc) is 2.99. The van der Waals surface area contributed by atoms with Gasteiger partial charge in [-0.05, 0) is 17.7 Å². The van der Waals surface area contributed by atoms with Crippen LogP contribution in [0.2, 0.25) is 4.34 Å². The molecule has 0 bridgehead atoms. The summed E-state index contributed by atoms with van der Waals surface area (Å²) in [5, 5.41) is 2.74. The van der Waals surface area contributed by atoms with E-state index in [0.29, 0.717) is 10.8 Å². The lowest BCUT2D eigenvalue weighted by Crippen LogP contribution is -2.32. The molecule has 1 atom stereocenters. The lowest BCUT2D eigenvalue weighted by Gasteiger charge is -2.11. The maximum absolute atomic E-state index is 12.3. The van der Waals surface area contributed by atoms with Crippen molar-refractivity contribution < 1.29 is 9.59 Å². The summed E-state index contributed by atoms with van der Waals surface area (Å²) >= 11 is 7.24. The molecule has 1 aliphatic heterocycles. The fourth-order valence-corrected chi connectivity index (χ4v) is 3.38. The summed E-state index contributed by atoms with van der Waals surface area (Å²) in [6, 6.07) is 12.4. The molecule has 1 saturated heterocycles. The van der Waals surface area contributed by atoms with Crippen molar-refractivity contribution in [3.05, 3.63) is 57.2 Å². The van der Waals surface area contributed by atoms with Gasteiger partial charge in [0, 0.05) is 11.3 Å². The summed E-state index contributed by atoms with van der Waals surface area (Å²) in [5.41, 5.74) is 1.03. The van der Waals surface area contributed by atoms with Crippen LogP contribution in [0.25, 0.3) is 0 Å². The number of rotatable bonds is 4. The Kier molecular flexibility index (Phi) is 3.94. The van der Waals surface area contributed by atoms with Gasteiger partial charge in [-0.2, -0.15) is 0 Å². The topological polar surface area (TPSA) is 49.4 Å². The van der Waals surface area contributed by atoms with E-state index in [1.165, 1.54) is 16.2 Å². The Morgan fingerprint density at radius 3 is 2.57 bits per heavy atom. The molecular formula is C15H13ClN2O2S. The highest BCUT2D eigenvalue weighted by Crippen LogP contribution is 2.24. The predicted molar refractivity (Wildman–Crippen MR) is 82.3 cm³/mol. The number of benzene rings is 1. The van der Waals surface area contributed by atoms with Crippen LogP contribution >= 0.6 is 22.9 Å². The van der Waals surface area contributed by atoms with Gasteiger partial charge in [-0.3, -0.25) is 9.69 Å². The number of thiophene rings is 1. The third kappa shape index (κ3) is 3.09. The molecule has 0 spiro atoms. The van der Waals surface area contributed by atoms with Gasteiger partial charge in [-0.25, -0.2) is 4.79 Å². The number of nitrogens with one attached hydrogen (secondary N) is 1. The van der Waals surface area contributed by atoms with Gasteiger partial charge < -0.3 is 5.32 Å². The first-order chi connectivity index (χ1) is 10.1. The van der Waals surface area contributed by atoms with Gasteiger partial charge in [0.1, 0.15) is 6.04 Å². The molecule has 6 heteroatoms. The van der Waals surface area contributed by atoms with Crippen molar-refractivity contribution in [2.24, 2.45) is 0 Å². The van der Waals surface area contributed by atoms with E-state index >= 15 is 0 Å². The molecule has 2 heterocycles. The lowest BCUT2D eigenvalue weighted by molar-refractivity contribution is -0.127. The van der Waals surface area contributed by atoms with E-state index in [2.05, 4.69) is 5.32 Å². The number of hydrogen-bond donors (Lipinski definition) is 1. The molecule has 3 amide bonds. The molecule has 0 saturated carbocycles. The summed E-state index contributed by atoms with van der Waals surface area (Å²) in [6.07, 6.45) is 0.507. The van der Waals surface area contributed by atoms with E-state index in [-0.39, 0.29) is 18.5 Å². The number of urea groups is 1. The summed E-state index contributed by atoms with van der Waals surface area (Å²) in [5.74, 6) is -0.187. The summed E-state index contributed by atoms with van der Waals surface area (Å²) in [4.78, 5) is 26.4. The van der Waals surface area contributed by atoms with E-state index in [0.717, 1.165) is 10.4 Å². The Hall–Kier alpha value is -1.85. The van der Waals surface area contributed by atoms with Crippen LogP contribution in [0.1, 0.15) is 10.4 Å². The molecule has 1 fully saturated rings. The first kappa shape index (κ1) is 14.1. The molecule has 1 unspecified atom stereocenters. The van der Waals surface area contributed by atoms with Crippen molar-refractivity contribution in [2.45, 2.75) is 19.0 Å². The number of carbonyl (C=O) groups excluding carboxylic acids is 2. The van der Waals surface area contributed by atoms with Crippen LogP contribution in [0.4, 0.5) is 4.79 Å². The smallest absolute Gasteiger partial charge is 0.325 e. The zero-order chi connectivity index (χ0) is 14.8. The second-order valence-electron chi connectivity index (χ2n) is 4.82. The molecule has 2 aromatic rings. The minimum Gasteiger partial charge on any atom is -0.325 e. The number of halogens is 1. The lowest BCUT2D eigenvalue weighted by atomic mass is 10.1. The molecule has 1 N–H and O–H groups in total. The number of nitrogens with zero attached hydrogens (tertiary/aromatic N) is 1. The maximum Gasteiger partial charge on any atom is 0.325 e. The molecule has 0 radical (unpaired) electrons. The minimum absolute atomic E-state index is 0.187. The van der Waals surface area contributed by atoms with Crippen LogP contribution in [0, 0.1) is 0 Å². The normalized spacial score (nSPS) is 18.1. The van der Waals surface area contributed by atoms with Crippen LogP contribution in [-0.4, -0.2) is 22.9 Å². The molecule has 0 aliphatic carbocycles. The SMILES string of the molecule is O=C1NC(Cc2ccccc2)C(=O)N1Cc1ccc(Cl)s1. The fourth-order valence-electron chi connectivity index (χ4n) is 2.31. The highest BCUT2D eigenvalue weighted by Gasteiger charge is 2.37. The number of amides is 3. The second-order valence-corrected chi connectivity index (χ2v) is 6.62. The Bertz CT molecular complexity index is 671. The zero-order valence-corrected chi connectivity index (χ0v) is 12.7. The van der Waals surface area contributed by atoms with Gasteiger partial charge in [0.15, 0.2) is 0 Å². The standard InChI is InChI=1S/C15H13ClN2O2S/c16-13-7-6-11(21-13)9-18-14(19)12(17-15(18)20)8-10-4-2-1-3-5-10/h1-7,12H,8-9H2,(H,17,20). The van der Waals surface area contributed by atoms with E-state index in [9.17, 15) is 9.59 Å². The minimum atomic E-state index is -0.490. The predicted octanol–water partition coefficient (Wildman–Crippen LogP) is 3.06. The quantitative estimate of drug-likeness (QED) is 0.880. The molecule has 1 aromatic carbocycles. The van der Waals surface area contributed by atoms with Crippen LogP contribution in [0.5, 0.6) is 0 Å². The summed E-state index contributed by atoms with van der Waals surface area (Å²) in [6.45, 7) is 0.271. The summed E-state index contributed by atoms with van der Waals surface area (Å²) in [7, 11) is 0. The van der Waals surface area contributed by atoms with Crippen molar-refractivity contribution in [3.63, 3.8) is 0 Å². The van der Waals surface area contributed by atoms with Crippen molar-refractivity contribution in [1.82, 2.24) is 10.2 Å². The molecule has 4 nitrogen and oxygen atoms in total. The maximum atomic E-state index is 12.3. The average molecular weight is 321 g/mol. The van der Waals surface area contributed by atoms with Gasteiger partial charge in [-0.15, -0.1) is 11.3 Å². The van der Waals surface area contributed by atoms with Crippen molar-refractivity contribution in [3.8, 4) is 0 Å². The third-order valence-corrected chi connectivity index (χ3v) is 4.55. The highest BCUT2D eigenvalue weighted by molar-refractivity contribution is 7.16. The van der Waals surface area contributed by atoms with Gasteiger partial charge in [0.2, 0.25) is 0 Å². The number of carbonyl (C=O) groups is 2. The molecule has 1 aromatic heterocycles. The first-order valence-electron chi connectivity index (χ1n) is 6.53. The van der Waals surface area contributed by atoms with E-state index in [4.69, 9.17) is 11.6 Å². The molecule has 21 heavy (non-hydrogen) atoms. The molecule has 1 aliphatic rings.